The Labute approximate surface area is 83.6 Å². The predicted octanol–water partition coefficient (Wildman–Crippen LogP) is 2.36. The summed E-state index contributed by atoms with van der Waals surface area (Å²) < 4.78 is 0. The zero-order valence-corrected chi connectivity index (χ0v) is 8.45. The summed E-state index contributed by atoms with van der Waals surface area (Å²) in [7, 11) is 0. The topological polar surface area (TPSA) is 37.3 Å². The van der Waals surface area contributed by atoms with Gasteiger partial charge in [0.25, 0.3) is 0 Å². The Morgan fingerprint density at radius 3 is 2.64 bits per heavy atom. The van der Waals surface area contributed by atoms with Crippen molar-refractivity contribution in [2.75, 3.05) is 0 Å². The molecule has 0 heterocycles. The Bertz CT molecular complexity index is 384. The number of carboxylic acids is 1. The molecule has 74 valence electrons. The lowest BCUT2D eigenvalue weighted by molar-refractivity contribution is -0.138. The highest BCUT2D eigenvalue weighted by Crippen LogP contribution is 2.54. The molecule has 2 atom stereocenters. The molecule has 2 nitrogen and oxygen atoms in total. The minimum Gasteiger partial charge on any atom is -0.481 e. The van der Waals surface area contributed by atoms with Crippen LogP contribution < -0.4 is 0 Å². The molecule has 1 fully saturated rings. The second-order valence-electron chi connectivity index (χ2n) is 4.33. The molecule has 0 radical (unpaired) electrons. The van der Waals surface area contributed by atoms with Gasteiger partial charge in [-0.2, -0.15) is 0 Å². The molecule has 1 aromatic carbocycles. The molecule has 0 aliphatic heterocycles. The average Bonchev–Trinajstić information content (AvgIpc) is 2.80. The average molecular weight is 190 g/mol. The maximum atomic E-state index is 10.9. The molecular weight excluding hydrogens is 176 g/mol. The third kappa shape index (κ3) is 1.22. The fourth-order valence-electron chi connectivity index (χ4n) is 2.24. The summed E-state index contributed by atoms with van der Waals surface area (Å²) >= 11 is 0. The van der Waals surface area contributed by atoms with Crippen LogP contribution in [0.2, 0.25) is 0 Å². The van der Waals surface area contributed by atoms with Crippen molar-refractivity contribution in [1.29, 1.82) is 0 Å². The van der Waals surface area contributed by atoms with Gasteiger partial charge in [0.15, 0.2) is 0 Å². The minimum absolute atomic E-state index is 0.128. The summed E-state index contributed by atoms with van der Waals surface area (Å²) in [6, 6.07) is 8.04. The van der Waals surface area contributed by atoms with Gasteiger partial charge in [-0.1, -0.05) is 31.2 Å². The smallest absolute Gasteiger partial charge is 0.307 e. The molecule has 0 bridgehead atoms. The van der Waals surface area contributed by atoms with Crippen LogP contribution in [0.3, 0.4) is 0 Å². The van der Waals surface area contributed by atoms with E-state index in [0.29, 0.717) is 0 Å². The Morgan fingerprint density at radius 1 is 1.50 bits per heavy atom. The molecule has 1 aliphatic rings. The number of aryl methyl sites for hydroxylation is 1. The van der Waals surface area contributed by atoms with Crippen molar-refractivity contribution in [3.63, 3.8) is 0 Å². The fraction of sp³-hybridized carbons (Fsp3) is 0.417. The monoisotopic (exact) mass is 190 g/mol. The number of benzene rings is 1. The molecule has 1 saturated carbocycles. The number of hydrogen-bond acceptors (Lipinski definition) is 1. The van der Waals surface area contributed by atoms with Gasteiger partial charge in [-0.15, -0.1) is 0 Å². The van der Waals surface area contributed by atoms with Gasteiger partial charge in [-0.05, 0) is 24.5 Å². The molecule has 1 aliphatic carbocycles. The first-order chi connectivity index (χ1) is 6.55. The first kappa shape index (κ1) is 9.25. The first-order valence-electron chi connectivity index (χ1n) is 4.84. The minimum atomic E-state index is -0.671. The van der Waals surface area contributed by atoms with E-state index in [1.54, 1.807) is 0 Å². The van der Waals surface area contributed by atoms with E-state index >= 15 is 0 Å². The van der Waals surface area contributed by atoms with Crippen molar-refractivity contribution >= 4 is 5.97 Å². The molecule has 0 amide bonds. The van der Waals surface area contributed by atoms with E-state index in [9.17, 15) is 4.79 Å². The number of hydrogen-bond donors (Lipinski definition) is 1. The first-order valence-corrected chi connectivity index (χ1v) is 4.84. The molecule has 2 heteroatoms. The highest BCUT2D eigenvalue weighted by atomic mass is 16.4. The summed E-state index contributed by atoms with van der Waals surface area (Å²) in [4.78, 5) is 10.9. The lowest BCUT2D eigenvalue weighted by Gasteiger charge is -2.13. The van der Waals surface area contributed by atoms with Crippen molar-refractivity contribution in [1.82, 2.24) is 0 Å². The summed E-state index contributed by atoms with van der Waals surface area (Å²) in [6.07, 6.45) is 0.771. The summed E-state index contributed by atoms with van der Waals surface area (Å²) in [6.45, 7) is 4.08. The third-order valence-corrected chi connectivity index (χ3v) is 3.30. The Kier molecular flexibility index (Phi) is 1.88. The van der Waals surface area contributed by atoms with E-state index in [4.69, 9.17) is 5.11 Å². The van der Waals surface area contributed by atoms with Gasteiger partial charge in [-0.25, -0.2) is 0 Å². The van der Waals surface area contributed by atoms with Gasteiger partial charge in [0, 0.05) is 5.41 Å². The molecule has 0 saturated heterocycles. The number of carboxylic acid groups (broad SMARTS) is 1. The van der Waals surface area contributed by atoms with Gasteiger partial charge in [0.2, 0.25) is 0 Å². The van der Waals surface area contributed by atoms with E-state index < -0.39 is 5.97 Å². The van der Waals surface area contributed by atoms with Crippen molar-refractivity contribution in [3.8, 4) is 0 Å². The second-order valence-corrected chi connectivity index (χ2v) is 4.33. The zero-order chi connectivity index (χ0) is 10.3. The molecule has 0 spiro atoms. The maximum absolute atomic E-state index is 10.9. The van der Waals surface area contributed by atoms with Gasteiger partial charge < -0.3 is 5.11 Å². The van der Waals surface area contributed by atoms with Crippen LogP contribution in [0.5, 0.6) is 0 Å². The quantitative estimate of drug-likeness (QED) is 0.777. The van der Waals surface area contributed by atoms with Crippen molar-refractivity contribution in [3.05, 3.63) is 35.4 Å². The van der Waals surface area contributed by atoms with Crippen molar-refractivity contribution < 1.29 is 9.90 Å². The lowest BCUT2D eigenvalue weighted by atomic mass is 9.91. The van der Waals surface area contributed by atoms with E-state index in [2.05, 4.69) is 0 Å². The standard InChI is InChI=1S/C12H14O2/c1-8-5-3-4-6-9(8)12(2)7-10(12)11(13)14/h3-6,10H,7H2,1-2H3,(H,13,14)/t10-,12+/m1/s1. The highest BCUT2D eigenvalue weighted by Gasteiger charge is 2.56. The Balaban J connectivity index is 2.34. The molecule has 1 N–H and O–H groups in total. The van der Waals surface area contributed by atoms with E-state index in [1.165, 1.54) is 11.1 Å². The SMILES string of the molecule is Cc1ccccc1[C@]1(C)C[C@@H]1C(=O)O. The van der Waals surface area contributed by atoms with Gasteiger partial charge in [0.05, 0.1) is 5.92 Å². The lowest BCUT2D eigenvalue weighted by Crippen LogP contribution is -2.12. The van der Waals surface area contributed by atoms with Crippen LogP contribution in [0, 0.1) is 12.8 Å². The third-order valence-electron chi connectivity index (χ3n) is 3.30. The molecule has 1 aromatic rings. The zero-order valence-electron chi connectivity index (χ0n) is 8.45. The molecular formula is C12H14O2. The summed E-state index contributed by atoms with van der Waals surface area (Å²) in [5.74, 6) is -0.862. The van der Waals surface area contributed by atoms with Gasteiger partial charge in [0.1, 0.15) is 0 Å². The highest BCUT2D eigenvalue weighted by molar-refractivity contribution is 5.77. The van der Waals surface area contributed by atoms with Crippen LogP contribution in [0.1, 0.15) is 24.5 Å². The summed E-state index contributed by atoms with van der Waals surface area (Å²) in [5, 5.41) is 8.94. The van der Waals surface area contributed by atoms with E-state index in [-0.39, 0.29) is 11.3 Å². The van der Waals surface area contributed by atoms with Crippen LogP contribution >= 0.6 is 0 Å². The van der Waals surface area contributed by atoms with Gasteiger partial charge >= 0.3 is 5.97 Å². The maximum Gasteiger partial charge on any atom is 0.307 e. The van der Waals surface area contributed by atoms with Gasteiger partial charge in [-0.3, -0.25) is 4.79 Å². The van der Waals surface area contributed by atoms with Crippen LogP contribution in [0.15, 0.2) is 24.3 Å². The fourth-order valence-corrected chi connectivity index (χ4v) is 2.24. The molecule has 0 aromatic heterocycles. The number of carbonyl (C=O) groups is 1. The normalized spacial score (nSPS) is 30.0. The van der Waals surface area contributed by atoms with Crippen LogP contribution in [-0.4, -0.2) is 11.1 Å². The molecule has 0 unspecified atom stereocenters. The van der Waals surface area contributed by atoms with E-state index in [1.807, 2.05) is 38.1 Å². The number of aliphatic carboxylic acids is 1. The summed E-state index contributed by atoms with van der Waals surface area (Å²) in [5.41, 5.74) is 2.25. The van der Waals surface area contributed by atoms with Crippen molar-refractivity contribution in [2.24, 2.45) is 5.92 Å². The number of rotatable bonds is 2. The molecule has 14 heavy (non-hydrogen) atoms. The van der Waals surface area contributed by atoms with Crippen LogP contribution in [-0.2, 0) is 10.2 Å². The molecule has 2 rings (SSSR count). The Morgan fingerprint density at radius 2 is 2.14 bits per heavy atom. The Hall–Kier alpha value is -1.31. The largest absolute Gasteiger partial charge is 0.481 e. The van der Waals surface area contributed by atoms with Crippen molar-refractivity contribution in [2.45, 2.75) is 25.7 Å². The second kappa shape index (κ2) is 2.84. The van der Waals surface area contributed by atoms with Crippen LogP contribution in [0.4, 0.5) is 0 Å². The predicted molar refractivity (Wildman–Crippen MR) is 54.3 cm³/mol. The van der Waals surface area contributed by atoms with Crippen LogP contribution in [0.25, 0.3) is 0 Å². The van der Waals surface area contributed by atoms with E-state index in [0.717, 1.165) is 6.42 Å².